The third-order valence-electron chi connectivity index (χ3n) is 9.69. The van der Waals surface area contributed by atoms with E-state index in [2.05, 4.69) is 25.2 Å². The number of carbonyl (C=O) groups excluding carboxylic acids is 2. The maximum Gasteiger partial charge on any atom is 0.228 e. The Kier molecular flexibility index (Phi) is 5.14. The van der Waals surface area contributed by atoms with Crippen molar-refractivity contribution in [2.45, 2.75) is 58.8 Å². The quantitative estimate of drug-likeness (QED) is 0.705. The molecule has 172 valence electrons. The maximum absolute atomic E-state index is 13.4. The SMILES string of the molecule is COc1ccc(NC(=O)[C@H]2CC[C@H]3[C@@H]4CC=C5N(C)C(=O)CC[C@]5(C)[C@H]4CC[C@]23C)cc1. The molecule has 1 N–H and O–H groups in total. The van der Waals surface area contributed by atoms with Crippen LogP contribution in [0.4, 0.5) is 5.69 Å². The molecule has 5 rings (SSSR count). The average molecular weight is 437 g/mol. The van der Waals surface area contributed by atoms with Crippen molar-refractivity contribution in [3.63, 3.8) is 0 Å². The summed E-state index contributed by atoms with van der Waals surface area (Å²) in [6.45, 7) is 4.77. The van der Waals surface area contributed by atoms with Crippen molar-refractivity contribution in [1.82, 2.24) is 4.90 Å². The van der Waals surface area contributed by atoms with Gasteiger partial charge in [0.25, 0.3) is 0 Å². The van der Waals surface area contributed by atoms with E-state index in [1.807, 2.05) is 36.2 Å². The first-order valence-corrected chi connectivity index (χ1v) is 12.2. The molecule has 0 radical (unpaired) electrons. The molecule has 5 heteroatoms. The first kappa shape index (κ1) is 21.5. The van der Waals surface area contributed by atoms with Crippen LogP contribution in [0.25, 0.3) is 0 Å². The number of carbonyl (C=O) groups is 2. The monoisotopic (exact) mass is 436 g/mol. The minimum atomic E-state index is 0.0514. The van der Waals surface area contributed by atoms with Crippen LogP contribution in [0, 0.1) is 34.5 Å². The van der Waals surface area contributed by atoms with Gasteiger partial charge in [-0.25, -0.2) is 0 Å². The van der Waals surface area contributed by atoms with Gasteiger partial charge < -0.3 is 15.0 Å². The van der Waals surface area contributed by atoms with Crippen LogP contribution in [0.5, 0.6) is 5.75 Å². The fourth-order valence-corrected chi connectivity index (χ4v) is 7.91. The molecule has 1 aromatic rings. The summed E-state index contributed by atoms with van der Waals surface area (Å²) >= 11 is 0. The first-order valence-electron chi connectivity index (χ1n) is 12.2. The van der Waals surface area contributed by atoms with E-state index in [9.17, 15) is 9.59 Å². The van der Waals surface area contributed by atoms with Crippen LogP contribution in [0.3, 0.4) is 0 Å². The number of allylic oxidation sites excluding steroid dienone is 2. The molecule has 0 spiro atoms. The molecular formula is C27H36N2O3. The van der Waals surface area contributed by atoms with Gasteiger partial charge in [0.05, 0.1) is 7.11 Å². The van der Waals surface area contributed by atoms with Crippen molar-refractivity contribution in [3.8, 4) is 5.75 Å². The number of benzene rings is 1. The fourth-order valence-electron chi connectivity index (χ4n) is 7.91. The number of likely N-dealkylation sites (tertiary alicyclic amines) is 1. The zero-order valence-electron chi connectivity index (χ0n) is 19.8. The Morgan fingerprint density at radius 3 is 2.56 bits per heavy atom. The second kappa shape index (κ2) is 7.64. The number of anilines is 1. The number of fused-ring (bicyclic) bond motifs is 5. The fraction of sp³-hybridized carbons (Fsp3) is 0.630. The van der Waals surface area contributed by atoms with E-state index in [1.54, 1.807) is 7.11 Å². The Hall–Kier alpha value is -2.30. The Balaban J connectivity index is 1.36. The van der Waals surface area contributed by atoms with Gasteiger partial charge in [-0.05, 0) is 86.0 Å². The van der Waals surface area contributed by atoms with E-state index in [1.165, 1.54) is 5.70 Å². The van der Waals surface area contributed by atoms with Gasteiger partial charge in [0.15, 0.2) is 0 Å². The van der Waals surface area contributed by atoms with Gasteiger partial charge >= 0.3 is 0 Å². The summed E-state index contributed by atoms with van der Waals surface area (Å²) < 4.78 is 5.23. The molecule has 0 aromatic heterocycles. The van der Waals surface area contributed by atoms with Crippen LogP contribution in [-0.4, -0.2) is 30.9 Å². The lowest BCUT2D eigenvalue weighted by atomic mass is 9.49. The minimum Gasteiger partial charge on any atom is -0.497 e. The number of hydrogen-bond donors (Lipinski definition) is 1. The van der Waals surface area contributed by atoms with E-state index in [4.69, 9.17) is 4.74 Å². The normalized spacial score (nSPS) is 38.3. The third kappa shape index (κ3) is 3.11. The summed E-state index contributed by atoms with van der Waals surface area (Å²) in [5.74, 6) is 3.07. The molecule has 2 amide bonds. The van der Waals surface area contributed by atoms with Gasteiger partial charge in [0.2, 0.25) is 11.8 Å². The number of nitrogens with zero attached hydrogens (tertiary/aromatic N) is 1. The maximum atomic E-state index is 13.4. The van der Waals surface area contributed by atoms with E-state index in [0.29, 0.717) is 24.2 Å². The second-order valence-corrected chi connectivity index (χ2v) is 11.0. The van der Waals surface area contributed by atoms with Gasteiger partial charge in [0.1, 0.15) is 5.75 Å². The first-order chi connectivity index (χ1) is 15.3. The van der Waals surface area contributed by atoms with Crippen LogP contribution in [-0.2, 0) is 9.59 Å². The van der Waals surface area contributed by atoms with Gasteiger partial charge in [0, 0.05) is 36.2 Å². The van der Waals surface area contributed by atoms with Gasteiger partial charge in [-0.3, -0.25) is 9.59 Å². The average Bonchev–Trinajstić information content (AvgIpc) is 3.14. The number of methoxy groups -OCH3 is 1. The molecule has 3 aliphatic carbocycles. The highest BCUT2D eigenvalue weighted by molar-refractivity contribution is 5.93. The highest BCUT2D eigenvalue weighted by Gasteiger charge is 2.60. The van der Waals surface area contributed by atoms with Crippen molar-refractivity contribution in [2.75, 3.05) is 19.5 Å². The summed E-state index contributed by atoms with van der Waals surface area (Å²) in [7, 11) is 3.60. The van der Waals surface area contributed by atoms with Crippen molar-refractivity contribution >= 4 is 17.5 Å². The van der Waals surface area contributed by atoms with Gasteiger partial charge in [-0.2, -0.15) is 0 Å². The van der Waals surface area contributed by atoms with Crippen molar-refractivity contribution in [3.05, 3.63) is 36.0 Å². The number of amides is 2. The Labute approximate surface area is 191 Å². The largest absolute Gasteiger partial charge is 0.497 e. The highest BCUT2D eigenvalue weighted by atomic mass is 16.5. The predicted octanol–water partition coefficient (Wildman–Crippen LogP) is 5.24. The van der Waals surface area contributed by atoms with Crippen LogP contribution in [0.2, 0.25) is 0 Å². The summed E-state index contributed by atoms with van der Waals surface area (Å²) in [6.07, 6.45) is 9.37. The molecule has 1 saturated heterocycles. The zero-order valence-corrected chi connectivity index (χ0v) is 19.8. The molecule has 32 heavy (non-hydrogen) atoms. The van der Waals surface area contributed by atoms with E-state index in [-0.39, 0.29) is 28.6 Å². The number of piperidine rings is 1. The highest BCUT2D eigenvalue weighted by Crippen LogP contribution is 2.66. The van der Waals surface area contributed by atoms with Crippen LogP contribution in [0.15, 0.2) is 36.0 Å². The topological polar surface area (TPSA) is 58.6 Å². The van der Waals surface area contributed by atoms with Gasteiger partial charge in [-0.1, -0.05) is 19.9 Å². The lowest BCUT2D eigenvalue weighted by Gasteiger charge is -2.58. The molecule has 1 aromatic carbocycles. The number of nitrogens with one attached hydrogen (secondary N) is 1. The molecule has 0 unspecified atom stereocenters. The molecule has 1 aliphatic heterocycles. The molecule has 6 atom stereocenters. The Bertz CT molecular complexity index is 954. The number of hydrogen-bond acceptors (Lipinski definition) is 3. The minimum absolute atomic E-state index is 0.0514. The van der Waals surface area contributed by atoms with Crippen molar-refractivity contribution < 1.29 is 14.3 Å². The lowest BCUT2D eigenvalue weighted by Crippen LogP contribution is -2.54. The summed E-state index contributed by atoms with van der Waals surface area (Å²) in [5, 5.41) is 3.18. The van der Waals surface area contributed by atoms with Crippen LogP contribution < -0.4 is 10.1 Å². The molecule has 2 saturated carbocycles. The smallest absolute Gasteiger partial charge is 0.228 e. The number of ether oxygens (including phenoxy) is 1. The lowest BCUT2D eigenvalue weighted by molar-refractivity contribution is -0.137. The molecule has 3 fully saturated rings. The molecule has 1 heterocycles. The molecule has 4 aliphatic rings. The van der Waals surface area contributed by atoms with Crippen molar-refractivity contribution in [1.29, 1.82) is 0 Å². The van der Waals surface area contributed by atoms with Crippen molar-refractivity contribution in [2.24, 2.45) is 34.5 Å². The van der Waals surface area contributed by atoms with Crippen LogP contribution >= 0.6 is 0 Å². The number of rotatable bonds is 3. The molecule has 0 bridgehead atoms. The molecular weight excluding hydrogens is 400 g/mol. The zero-order chi connectivity index (χ0) is 22.7. The summed E-state index contributed by atoms with van der Waals surface area (Å²) in [5.41, 5.74) is 2.24. The Morgan fingerprint density at radius 1 is 1.09 bits per heavy atom. The van der Waals surface area contributed by atoms with Crippen LogP contribution in [0.1, 0.15) is 58.8 Å². The summed E-state index contributed by atoms with van der Waals surface area (Å²) in [6, 6.07) is 7.60. The summed E-state index contributed by atoms with van der Waals surface area (Å²) in [4.78, 5) is 27.6. The Morgan fingerprint density at radius 2 is 1.84 bits per heavy atom. The molecule has 5 nitrogen and oxygen atoms in total. The standard InChI is InChI=1S/C27H36N2O3/c1-26-15-13-21-19(9-12-23-27(21,2)16-14-24(30)29(23)3)20(26)10-11-22(26)25(31)28-17-5-7-18(32-4)8-6-17/h5-8,12,19-22H,9-11,13-16H2,1-4H3,(H,28,31)/t19-,20-,21-,22+,26-,27+/m0/s1. The van der Waals surface area contributed by atoms with E-state index < -0.39 is 0 Å². The van der Waals surface area contributed by atoms with E-state index >= 15 is 0 Å². The predicted molar refractivity (Wildman–Crippen MR) is 125 cm³/mol. The van der Waals surface area contributed by atoms with Gasteiger partial charge in [-0.15, -0.1) is 0 Å². The van der Waals surface area contributed by atoms with E-state index in [0.717, 1.165) is 50.0 Å². The second-order valence-electron chi connectivity index (χ2n) is 11.0. The third-order valence-corrected chi connectivity index (χ3v) is 9.69.